The number of benzene rings is 2. The molecule has 2 rings (SSSR count). The first-order chi connectivity index (χ1) is 14.8. The number of amides is 1. The zero-order chi connectivity index (χ0) is 22.7. The van der Waals surface area contributed by atoms with Gasteiger partial charge in [0, 0.05) is 6.54 Å². The van der Waals surface area contributed by atoms with Gasteiger partial charge in [0.1, 0.15) is 12.2 Å². The van der Waals surface area contributed by atoms with Crippen LogP contribution in [-0.2, 0) is 27.4 Å². The highest BCUT2D eigenvalue weighted by atomic mass is 16.6. The van der Waals surface area contributed by atoms with Crippen molar-refractivity contribution in [3.8, 4) is 0 Å². The summed E-state index contributed by atoms with van der Waals surface area (Å²) in [7, 11) is 0. The van der Waals surface area contributed by atoms with Crippen molar-refractivity contribution in [2.24, 2.45) is 0 Å². The third-order valence-corrected chi connectivity index (χ3v) is 4.03. The first kappa shape index (κ1) is 24.0. The molecule has 1 unspecified atom stereocenters. The summed E-state index contributed by atoms with van der Waals surface area (Å²) in [5.41, 5.74) is 1.32. The molecule has 0 heterocycles. The van der Waals surface area contributed by atoms with Crippen LogP contribution in [0.1, 0.15) is 31.9 Å². The molecule has 1 amide bonds. The van der Waals surface area contributed by atoms with Crippen molar-refractivity contribution in [2.75, 3.05) is 6.54 Å². The van der Waals surface area contributed by atoms with E-state index < -0.39 is 18.0 Å². The van der Waals surface area contributed by atoms with Gasteiger partial charge >= 0.3 is 6.09 Å². The predicted molar refractivity (Wildman–Crippen MR) is 122 cm³/mol. The SMILES string of the molecule is C=CCN(C(=O)OC(C)(C)C)C(NC(=C)OCc1ccccc1)OCc1ccccc1. The number of ether oxygens (including phenoxy) is 3. The van der Waals surface area contributed by atoms with Gasteiger partial charge in [0.05, 0.1) is 6.61 Å². The third-order valence-electron chi connectivity index (χ3n) is 4.03. The molecular formula is C25H32N2O4. The van der Waals surface area contributed by atoms with Crippen LogP contribution < -0.4 is 5.32 Å². The lowest BCUT2D eigenvalue weighted by Crippen LogP contribution is -2.51. The first-order valence-electron chi connectivity index (χ1n) is 10.2. The first-order valence-corrected chi connectivity index (χ1v) is 10.2. The van der Waals surface area contributed by atoms with Gasteiger partial charge in [0.25, 0.3) is 0 Å². The zero-order valence-corrected chi connectivity index (χ0v) is 18.5. The average Bonchev–Trinajstić information content (AvgIpc) is 2.74. The Morgan fingerprint density at radius 1 is 1.03 bits per heavy atom. The minimum absolute atomic E-state index is 0.216. The van der Waals surface area contributed by atoms with Gasteiger partial charge in [-0.2, -0.15) is 0 Å². The molecule has 0 aliphatic carbocycles. The van der Waals surface area contributed by atoms with Gasteiger partial charge in [0.2, 0.25) is 6.35 Å². The molecule has 31 heavy (non-hydrogen) atoms. The fourth-order valence-corrected chi connectivity index (χ4v) is 2.61. The largest absolute Gasteiger partial charge is 0.475 e. The van der Waals surface area contributed by atoms with Crippen molar-refractivity contribution in [1.29, 1.82) is 0 Å². The monoisotopic (exact) mass is 424 g/mol. The van der Waals surface area contributed by atoms with Crippen molar-refractivity contribution in [1.82, 2.24) is 10.2 Å². The quantitative estimate of drug-likeness (QED) is 0.306. The van der Waals surface area contributed by atoms with Gasteiger partial charge in [-0.05, 0) is 38.5 Å². The highest BCUT2D eigenvalue weighted by Crippen LogP contribution is 2.14. The minimum Gasteiger partial charge on any atom is -0.475 e. The maximum Gasteiger partial charge on any atom is 0.414 e. The van der Waals surface area contributed by atoms with Crippen LogP contribution in [0.3, 0.4) is 0 Å². The summed E-state index contributed by atoms with van der Waals surface area (Å²) in [5, 5.41) is 3.05. The van der Waals surface area contributed by atoms with Crippen LogP contribution in [0.4, 0.5) is 4.79 Å². The smallest absolute Gasteiger partial charge is 0.414 e. The Kier molecular flexibility index (Phi) is 9.15. The Labute approximate surface area is 185 Å². The molecule has 6 nitrogen and oxygen atoms in total. The van der Waals surface area contributed by atoms with Crippen LogP contribution in [-0.4, -0.2) is 29.5 Å². The van der Waals surface area contributed by atoms with Gasteiger partial charge in [-0.3, -0.25) is 4.90 Å². The summed E-state index contributed by atoms with van der Waals surface area (Å²) in [6.45, 7) is 13.9. The van der Waals surface area contributed by atoms with Crippen LogP contribution in [0.2, 0.25) is 0 Å². The van der Waals surface area contributed by atoms with Gasteiger partial charge in [-0.1, -0.05) is 66.7 Å². The van der Waals surface area contributed by atoms with Crippen molar-refractivity contribution >= 4 is 6.09 Å². The number of hydrogen-bond donors (Lipinski definition) is 1. The molecule has 0 radical (unpaired) electrons. The van der Waals surface area contributed by atoms with E-state index in [1.165, 1.54) is 4.90 Å². The van der Waals surface area contributed by atoms with Crippen molar-refractivity contribution in [3.05, 3.63) is 96.9 Å². The molecule has 1 atom stereocenters. The molecule has 0 spiro atoms. The molecule has 0 fully saturated rings. The molecule has 166 valence electrons. The predicted octanol–water partition coefficient (Wildman–Crippen LogP) is 5.19. The molecule has 0 aromatic heterocycles. The van der Waals surface area contributed by atoms with Gasteiger partial charge in [0.15, 0.2) is 5.88 Å². The summed E-state index contributed by atoms with van der Waals surface area (Å²) in [6, 6.07) is 19.4. The van der Waals surface area contributed by atoms with E-state index in [0.717, 1.165) is 11.1 Å². The van der Waals surface area contributed by atoms with Gasteiger partial charge < -0.3 is 19.5 Å². The van der Waals surface area contributed by atoms with E-state index >= 15 is 0 Å². The Morgan fingerprint density at radius 2 is 1.58 bits per heavy atom. The number of hydrogen-bond acceptors (Lipinski definition) is 5. The van der Waals surface area contributed by atoms with E-state index in [0.29, 0.717) is 6.61 Å². The lowest BCUT2D eigenvalue weighted by atomic mass is 10.2. The summed E-state index contributed by atoms with van der Waals surface area (Å²) in [5.74, 6) is 0.277. The molecule has 0 bridgehead atoms. The number of carbonyl (C=O) groups is 1. The summed E-state index contributed by atoms with van der Waals surface area (Å²) in [6.07, 6.45) is 0.211. The Bertz CT molecular complexity index is 832. The van der Waals surface area contributed by atoms with Crippen LogP contribution in [0, 0.1) is 0 Å². The lowest BCUT2D eigenvalue weighted by Gasteiger charge is -2.33. The van der Waals surface area contributed by atoms with Crippen LogP contribution in [0.15, 0.2) is 85.8 Å². The second kappa shape index (κ2) is 11.8. The molecule has 2 aromatic rings. The second-order valence-corrected chi connectivity index (χ2v) is 7.91. The number of nitrogens with zero attached hydrogens (tertiary/aromatic N) is 1. The normalized spacial score (nSPS) is 11.8. The van der Waals surface area contributed by atoms with Crippen molar-refractivity contribution in [3.63, 3.8) is 0 Å². The lowest BCUT2D eigenvalue weighted by molar-refractivity contribution is -0.0896. The van der Waals surface area contributed by atoms with Crippen LogP contribution in [0.25, 0.3) is 0 Å². The standard InChI is InChI=1S/C25H32N2O4/c1-6-17-27(24(28)31-25(3,4)5)23(30-19-22-15-11-8-12-16-22)26-20(2)29-18-21-13-9-7-10-14-21/h6-16,23,26H,1-2,17-19H2,3-5H3. The van der Waals surface area contributed by atoms with Gasteiger partial charge in [-0.25, -0.2) is 4.79 Å². The molecule has 0 aliphatic rings. The summed E-state index contributed by atoms with van der Waals surface area (Å²) < 4.78 is 17.3. The molecule has 1 N–H and O–H groups in total. The summed E-state index contributed by atoms with van der Waals surface area (Å²) >= 11 is 0. The molecule has 2 aromatic carbocycles. The molecule has 0 saturated carbocycles. The highest BCUT2D eigenvalue weighted by molar-refractivity contribution is 5.68. The second-order valence-electron chi connectivity index (χ2n) is 7.91. The highest BCUT2D eigenvalue weighted by Gasteiger charge is 2.29. The minimum atomic E-state index is -0.865. The van der Waals surface area contributed by atoms with Crippen LogP contribution >= 0.6 is 0 Å². The Balaban J connectivity index is 2.11. The Hall–Kier alpha value is -3.25. The maximum absolute atomic E-state index is 12.8. The maximum atomic E-state index is 12.8. The molecule has 6 heteroatoms. The van der Waals surface area contributed by atoms with E-state index in [1.807, 2.05) is 81.4 Å². The third kappa shape index (κ3) is 8.97. The molecule has 0 saturated heterocycles. The number of rotatable bonds is 11. The average molecular weight is 425 g/mol. The van der Waals surface area contributed by atoms with E-state index in [4.69, 9.17) is 14.2 Å². The van der Waals surface area contributed by atoms with Gasteiger partial charge in [-0.15, -0.1) is 6.58 Å². The van der Waals surface area contributed by atoms with E-state index in [9.17, 15) is 4.79 Å². The molecule has 0 aliphatic heterocycles. The van der Waals surface area contributed by atoms with E-state index in [-0.39, 0.29) is 19.0 Å². The van der Waals surface area contributed by atoms with Crippen molar-refractivity contribution in [2.45, 2.75) is 45.9 Å². The fourth-order valence-electron chi connectivity index (χ4n) is 2.61. The topological polar surface area (TPSA) is 60.0 Å². The fraction of sp³-hybridized carbons (Fsp3) is 0.320. The van der Waals surface area contributed by atoms with Crippen molar-refractivity contribution < 1.29 is 19.0 Å². The molecular weight excluding hydrogens is 392 g/mol. The van der Waals surface area contributed by atoms with E-state index in [1.54, 1.807) is 6.08 Å². The number of carbonyl (C=O) groups excluding carboxylic acids is 1. The van der Waals surface area contributed by atoms with E-state index in [2.05, 4.69) is 18.5 Å². The summed E-state index contributed by atoms with van der Waals surface area (Å²) in [4.78, 5) is 14.2. The number of nitrogens with one attached hydrogen (secondary N) is 1. The Morgan fingerprint density at radius 3 is 2.10 bits per heavy atom. The van der Waals surface area contributed by atoms with Crippen LogP contribution in [0.5, 0.6) is 0 Å². The zero-order valence-electron chi connectivity index (χ0n) is 18.5.